The molecule has 2 N–H and O–H groups in total. The minimum absolute atomic E-state index is 0.0575. The van der Waals surface area contributed by atoms with E-state index in [-0.39, 0.29) is 38.6 Å². The van der Waals surface area contributed by atoms with Crippen LogP contribution in [0.15, 0.2) is 97.1 Å². The minimum atomic E-state index is -0.404. The van der Waals surface area contributed by atoms with Gasteiger partial charge >= 0.3 is 0 Å². The number of H-pyrrole nitrogens is 2. The number of nitrogens with one attached hydrogen (secondary N) is 2. The van der Waals surface area contributed by atoms with Crippen LogP contribution in [0.25, 0.3) is 90.5 Å². The SMILES string of the molecule is O=[N+]([O-])C1=Cc2nc1c(-c1ccc3c(c1)OCO3)c1ccc([nH]1)c(-c1ccc3c(c1)OCO3)c1nc(c(-c3ccc4c(c3)OCO4)c3ccc([nH]3)c2-c2ccc3c(c2)OCO3)C=C1. The molecule has 0 unspecified atom stereocenters. The van der Waals surface area contributed by atoms with Crippen LogP contribution in [0.3, 0.4) is 0 Å². The van der Waals surface area contributed by atoms with Gasteiger partial charge in [-0.15, -0.1) is 0 Å². The van der Waals surface area contributed by atoms with Gasteiger partial charge in [-0.05, 0) is 107 Å². The molecule has 9 heterocycles. The van der Waals surface area contributed by atoms with Crippen molar-refractivity contribution in [2.45, 2.75) is 0 Å². The number of hydrogen-bond donors (Lipinski definition) is 2. The normalized spacial score (nSPS) is 14.6. The molecule has 0 aliphatic carbocycles. The zero-order valence-electron chi connectivity index (χ0n) is 32.7. The number of nitro groups is 1. The van der Waals surface area contributed by atoms with Crippen molar-refractivity contribution in [3.63, 3.8) is 0 Å². The van der Waals surface area contributed by atoms with Gasteiger partial charge in [-0.2, -0.15) is 0 Å². The van der Waals surface area contributed by atoms with Gasteiger partial charge in [0.1, 0.15) is 0 Å². The fourth-order valence-electron chi connectivity index (χ4n) is 8.83. The Balaban J connectivity index is 1.19. The lowest BCUT2D eigenvalue weighted by Crippen LogP contribution is -1.98. The van der Waals surface area contributed by atoms with Crippen molar-refractivity contribution in [2.75, 3.05) is 27.2 Å². The summed E-state index contributed by atoms with van der Waals surface area (Å²) in [6, 6.07) is 30.3. The lowest BCUT2D eigenvalue weighted by molar-refractivity contribution is -0.374. The number of hydrogen-bond acceptors (Lipinski definition) is 12. The maximum absolute atomic E-state index is 13.3. The van der Waals surface area contributed by atoms with E-state index in [1.807, 2.05) is 103 Å². The molecule has 63 heavy (non-hydrogen) atoms. The summed E-state index contributed by atoms with van der Waals surface area (Å²) in [5.41, 5.74) is 9.79. The third-order valence-electron chi connectivity index (χ3n) is 11.7. The summed E-state index contributed by atoms with van der Waals surface area (Å²) in [4.78, 5) is 30.7. The summed E-state index contributed by atoms with van der Waals surface area (Å²) >= 11 is 0. The molecule has 0 atom stereocenters. The first-order chi connectivity index (χ1) is 31.0. The predicted molar refractivity (Wildman–Crippen MR) is 231 cm³/mol. The van der Waals surface area contributed by atoms with E-state index >= 15 is 0 Å². The summed E-state index contributed by atoms with van der Waals surface area (Å²) < 4.78 is 46.0. The Labute approximate surface area is 355 Å². The summed E-state index contributed by atoms with van der Waals surface area (Å²) in [7, 11) is 0. The molecular formula is C48H29N5O10. The van der Waals surface area contributed by atoms with Gasteiger partial charge in [-0.25, -0.2) is 9.97 Å². The van der Waals surface area contributed by atoms with Crippen molar-refractivity contribution in [3.8, 4) is 90.5 Å². The first kappa shape index (κ1) is 35.1. The molecule has 3 aromatic heterocycles. The Morgan fingerprint density at radius 3 is 1.17 bits per heavy atom. The third kappa shape index (κ3) is 5.59. The molecule has 0 amide bonds. The van der Waals surface area contributed by atoms with Crippen LogP contribution < -0.4 is 37.9 Å². The lowest BCUT2D eigenvalue weighted by atomic mass is 10.0. The van der Waals surface area contributed by atoms with E-state index in [1.54, 1.807) is 6.07 Å². The fraction of sp³-hybridized carbons (Fsp3) is 0.0833. The molecule has 15 heteroatoms. The average molecular weight is 836 g/mol. The second-order valence-electron chi connectivity index (χ2n) is 15.2. The van der Waals surface area contributed by atoms with E-state index in [0.29, 0.717) is 102 Å². The van der Waals surface area contributed by atoms with E-state index in [1.165, 1.54) is 6.08 Å². The molecular weight excluding hydrogens is 807 g/mol. The molecule has 8 bridgehead atoms. The highest BCUT2D eigenvalue weighted by Gasteiger charge is 2.31. The zero-order valence-corrected chi connectivity index (χ0v) is 32.7. The van der Waals surface area contributed by atoms with Crippen LogP contribution in [0.1, 0.15) is 22.8 Å². The number of ether oxygens (including phenoxy) is 8. The quantitative estimate of drug-likeness (QED) is 0.124. The second-order valence-corrected chi connectivity index (χ2v) is 15.2. The molecule has 0 fully saturated rings. The van der Waals surface area contributed by atoms with Gasteiger partial charge in [0.15, 0.2) is 51.7 Å². The van der Waals surface area contributed by atoms with Gasteiger partial charge in [0.25, 0.3) is 5.70 Å². The molecule has 4 aromatic carbocycles. The van der Waals surface area contributed by atoms with E-state index in [2.05, 4.69) is 9.97 Å². The molecule has 0 saturated carbocycles. The largest absolute Gasteiger partial charge is 0.454 e. The van der Waals surface area contributed by atoms with Crippen LogP contribution in [-0.2, 0) is 0 Å². The number of aromatic amines is 2. The topological polar surface area (TPSA) is 174 Å². The Morgan fingerprint density at radius 1 is 0.429 bits per heavy atom. The molecule has 7 aromatic rings. The maximum Gasteiger partial charge on any atom is 0.297 e. The van der Waals surface area contributed by atoms with Crippen LogP contribution in [0.2, 0.25) is 0 Å². The molecule has 6 aliphatic rings. The fourth-order valence-corrected chi connectivity index (χ4v) is 8.83. The highest BCUT2D eigenvalue weighted by atomic mass is 16.7. The van der Waals surface area contributed by atoms with Crippen LogP contribution in [-0.4, -0.2) is 52.0 Å². The third-order valence-corrected chi connectivity index (χ3v) is 11.7. The van der Waals surface area contributed by atoms with E-state index in [9.17, 15) is 10.1 Å². The van der Waals surface area contributed by atoms with Crippen molar-refractivity contribution in [3.05, 3.63) is 130 Å². The summed E-state index contributed by atoms with van der Waals surface area (Å²) in [5, 5.41) is 13.3. The summed E-state index contributed by atoms with van der Waals surface area (Å²) in [5.74, 6) is 4.71. The van der Waals surface area contributed by atoms with Crippen LogP contribution in [0.4, 0.5) is 0 Å². The Morgan fingerprint density at radius 2 is 0.778 bits per heavy atom. The van der Waals surface area contributed by atoms with Gasteiger partial charge < -0.3 is 47.9 Å². The molecule has 0 saturated heterocycles. The number of fused-ring (bicyclic) bond motifs is 12. The summed E-state index contributed by atoms with van der Waals surface area (Å²) in [6.45, 7) is 0.365. The molecule has 13 rings (SSSR count). The van der Waals surface area contributed by atoms with Crippen molar-refractivity contribution in [1.82, 2.24) is 19.9 Å². The van der Waals surface area contributed by atoms with Crippen LogP contribution >= 0.6 is 0 Å². The monoisotopic (exact) mass is 835 g/mol. The molecule has 0 radical (unpaired) electrons. The number of rotatable bonds is 5. The van der Waals surface area contributed by atoms with Crippen molar-refractivity contribution in [2.24, 2.45) is 0 Å². The van der Waals surface area contributed by atoms with Crippen LogP contribution in [0.5, 0.6) is 46.0 Å². The zero-order chi connectivity index (χ0) is 41.8. The van der Waals surface area contributed by atoms with Gasteiger partial charge in [0.2, 0.25) is 27.2 Å². The lowest BCUT2D eigenvalue weighted by Gasteiger charge is -2.08. The standard InChI is InChI=1S/C48H29N5O10/c54-53(55)35-19-34-46(26-3-13-38-42(17-26)62-22-58-38)32-8-7-30(50-32)44(24-1-11-36-40(15-24)60-20-56-36)28-5-6-29(49-28)45(25-2-12-37-41(16-25)61-21-57-37)31-9-10-33(51-31)47(48(35)52-34)27-4-14-39-43(18-27)63-23-59-39/h1-19,50-51H,20-23H2. The van der Waals surface area contributed by atoms with Crippen LogP contribution in [0, 0.1) is 10.1 Å². The van der Waals surface area contributed by atoms with Crippen molar-refractivity contribution >= 4 is 46.0 Å². The number of benzene rings is 4. The predicted octanol–water partition coefficient (Wildman–Crippen LogP) is 9.84. The first-order valence-electron chi connectivity index (χ1n) is 19.9. The maximum atomic E-state index is 13.3. The molecule has 15 nitrogen and oxygen atoms in total. The van der Waals surface area contributed by atoms with E-state index < -0.39 is 4.92 Å². The van der Waals surface area contributed by atoms with Gasteiger partial charge in [0, 0.05) is 50.4 Å². The van der Waals surface area contributed by atoms with Crippen molar-refractivity contribution < 1.29 is 42.8 Å². The molecule has 6 aliphatic heterocycles. The Hall–Kier alpha value is -8.72. The second kappa shape index (κ2) is 13.4. The first-order valence-corrected chi connectivity index (χ1v) is 19.9. The molecule has 0 spiro atoms. The number of aromatic nitrogens is 4. The number of nitrogens with zero attached hydrogens (tertiary/aromatic N) is 3. The van der Waals surface area contributed by atoms with Gasteiger partial charge in [-0.1, -0.05) is 24.3 Å². The Kier molecular flexibility index (Phi) is 7.46. The van der Waals surface area contributed by atoms with Gasteiger partial charge in [0.05, 0.1) is 22.0 Å². The highest BCUT2D eigenvalue weighted by molar-refractivity contribution is 6.01. The minimum Gasteiger partial charge on any atom is -0.454 e. The highest BCUT2D eigenvalue weighted by Crippen LogP contribution is 2.46. The van der Waals surface area contributed by atoms with E-state index in [0.717, 1.165) is 27.8 Å². The Bertz CT molecular complexity index is 3420. The smallest absolute Gasteiger partial charge is 0.297 e. The summed E-state index contributed by atoms with van der Waals surface area (Å²) in [6.07, 6.45) is 5.49. The average Bonchev–Trinajstić information content (AvgIpc) is 4.15. The molecule has 306 valence electrons. The van der Waals surface area contributed by atoms with Gasteiger partial charge in [-0.3, -0.25) is 10.1 Å². The van der Waals surface area contributed by atoms with Crippen molar-refractivity contribution in [1.29, 1.82) is 0 Å². The van der Waals surface area contributed by atoms with E-state index in [4.69, 9.17) is 47.9 Å².